The van der Waals surface area contributed by atoms with Crippen LogP contribution in [0.4, 0.5) is 4.39 Å². The van der Waals surface area contributed by atoms with Gasteiger partial charge in [-0.1, -0.05) is 11.3 Å². The quantitative estimate of drug-likeness (QED) is 0.679. The molecule has 0 aliphatic carbocycles. The van der Waals surface area contributed by atoms with Gasteiger partial charge in [0, 0.05) is 4.70 Å². The van der Waals surface area contributed by atoms with E-state index in [1.807, 2.05) is 13.0 Å². The molecule has 0 spiro atoms. The topological polar surface area (TPSA) is 9.23 Å². The number of ether oxygens (including phenoxy) is 1. The van der Waals surface area contributed by atoms with E-state index < -0.39 is 0 Å². The predicted octanol–water partition coefficient (Wildman–Crippen LogP) is 3.36. The Balaban J connectivity index is 2.75. The van der Waals surface area contributed by atoms with Crippen molar-refractivity contribution in [2.24, 2.45) is 0 Å². The average Bonchev–Trinajstić information content (AvgIpc) is 2.47. The lowest BCUT2D eigenvalue weighted by Crippen LogP contribution is -1.77. The molecular formula is C10H9FOS. The Morgan fingerprint density at radius 1 is 1.31 bits per heavy atom. The molecule has 1 nitrogen and oxygen atoms in total. The Labute approximate surface area is 79.8 Å². The fraction of sp³-hybridized carbons (Fsp3) is 0.200. The molecule has 0 atom stereocenters. The number of hydrogen-bond donors (Lipinski definition) is 0. The van der Waals surface area contributed by atoms with Crippen molar-refractivity contribution < 1.29 is 9.13 Å². The number of aryl methyl sites for hydroxylation is 1. The fourth-order valence-corrected chi connectivity index (χ4v) is 2.33. The minimum absolute atomic E-state index is 0.186. The normalized spacial score (nSPS) is 10.7. The van der Waals surface area contributed by atoms with E-state index in [2.05, 4.69) is 0 Å². The molecule has 0 aliphatic heterocycles. The van der Waals surface area contributed by atoms with E-state index in [1.165, 1.54) is 23.5 Å². The van der Waals surface area contributed by atoms with Crippen molar-refractivity contribution in [2.75, 3.05) is 7.11 Å². The number of methoxy groups -OCH3 is 1. The van der Waals surface area contributed by atoms with E-state index in [4.69, 9.17) is 4.74 Å². The molecule has 0 N–H and O–H groups in total. The van der Waals surface area contributed by atoms with E-state index in [0.29, 0.717) is 0 Å². The number of thiophene rings is 1. The summed E-state index contributed by atoms with van der Waals surface area (Å²) in [7, 11) is 1.62. The number of fused-ring (bicyclic) bond motifs is 1. The maximum absolute atomic E-state index is 13.0. The molecule has 0 bridgehead atoms. The first kappa shape index (κ1) is 8.51. The van der Waals surface area contributed by atoms with Gasteiger partial charge in [-0.3, -0.25) is 0 Å². The van der Waals surface area contributed by atoms with Crippen LogP contribution in [0.25, 0.3) is 10.1 Å². The van der Waals surface area contributed by atoms with Gasteiger partial charge >= 0.3 is 0 Å². The highest BCUT2D eigenvalue weighted by Crippen LogP contribution is 2.33. The molecule has 2 rings (SSSR count). The minimum Gasteiger partial charge on any atom is -0.487 e. The Morgan fingerprint density at radius 2 is 2.08 bits per heavy atom. The van der Waals surface area contributed by atoms with Crippen molar-refractivity contribution in [3.8, 4) is 5.06 Å². The van der Waals surface area contributed by atoms with Crippen LogP contribution < -0.4 is 4.74 Å². The molecule has 0 saturated heterocycles. The highest BCUT2D eigenvalue weighted by Gasteiger charge is 2.05. The SMILES string of the molecule is COc1cc2c(C)cc(F)cc2s1. The van der Waals surface area contributed by atoms with Gasteiger partial charge in [0.2, 0.25) is 0 Å². The molecule has 2 aromatic rings. The van der Waals surface area contributed by atoms with Crippen molar-refractivity contribution in [1.29, 1.82) is 0 Å². The van der Waals surface area contributed by atoms with E-state index >= 15 is 0 Å². The zero-order valence-electron chi connectivity index (χ0n) is 7.43. The highest BCUT2D eigenvalue weighted by atomic mass is 32.1. The lowest BCUT2D eigenvalue weighted by atomic mass is 10.1. The number of benzene rings is 1. The smallest absolute Gasteiger partial charge is 0.174 e. The molecule has 0 aliphatic rings. The summed E-state index contributed by atoms with van der Waals surface area (Å²) < 4.78 is 19.0. The summed E-state index contributed by atoms with van der Waals surface area (Å²) >= 11 is 1.46. The third-order valence-corrected chi connectivity index (χ3v) is 3.03. The Kier molecular flexibility index (Phi) is 1.96. The molecule has 0 unspecified atom stereocenters. The van der Waals surface area contributed by atoms with Crippen LogP contribution in [0.5, 0.6) is 5.06 Å². The molecule has 0 radical (unpaired) electrons. The van der Waals surface area contributed by atoms with Crippen molar-refractivity contribution in [3.63, 3.8) is 0 Å². The van der Waals surface area contributed by atoms with Crippen LogP contribution in [-0.2, 0) is 0 Å². The predicted molar refractivity (Wildman–Crippen MR) is 53.1 cm³/mol. The third kappa shape index (κ3) is 1.40. The zero-order chi connectivity index (χ0) is 9.42. The lowest BCUT2D eigenvalue weighted by Gasteiger charge is -1.94. The van der Waals surface area contributed by atoms with E-state index in [0.717, 1.165) is 20.7 Å². The Bertz CT molecular complexity index is 447. The van der Waals surface area contributed by atoms with Crippen LogP contribution in [0.1, 0.15) is 5.56 Å². The van der Waals surface area contributed by atoms with Crippen LogP contribution in [0.3, 0.4) is 0 Å². The molecule has 3 heteroatoms. The first-order valence-electron chi connectivity index (χ1n) is 3.94. The molecule has 0 amide bonds. The van der Waals surface area contributed by atoms with Crippen LogP contribution >= 0.6 is 11.3 Å². The monoisotopic (exact) mass is 196 g/mol. The van der Waals surface area contributed by atoms with E-state index in [1.54, 1.807) is 7.11 Å². The molecule has 68 valence electrons. The van der Waals surface area contributed by atoms with Gasteiger partial charge in [-0.15, -0.1) is 0 Å². The third-order valence-electron chi connectivity index (χ3n) is 1.99. The minimum atomic E-state index is -0.186. The number of halogens is 1. The van der Waals surface area contributed by atoms with Crippen LogP contribution in [0.15, 0.2) is 18.2 Å². The van der Waals surface area contributed by atoms with Gasteiger partial charge < -0.3 is 4.74 Å². The molecule has 1 aromatic heterocycles. The van der Waals surface area contributed by atoms with E-state index in [-0.39, 0.29) is 5.82 Å². The fourth-order valence-electron chi connectivity index (χ4n) is 1.35. The van der Waals surface area contributed by atoms with Crippen molar-refractivity contribution in [2.45, 2.75) is 6.92 Å². The second kappa shape index (κ2) is 3.00. The van der Waals surface area contributed by atoms with Crippen LogP contribution in [-0.4, -0.2) is 7.11 Å². The van der Waals surface area contributed by atoms with Gasteiger partial charge in [0.05, 0.1) is 7.11 Å². The maximum atomic E-state index is 13.0. The van der Waals surface area contributed by atoms with Crippen molar-refractivity contribution in [3.05, 3.63) is 29.6 Å². The molecule has 1 heterocycles. The van der Waals surface area contributed by atoms with Crippen LogP contribution in [0, 0.1) is 12.7 Å². The summed E-state index contributed by atoms with van der Waals surface area (Å²) in [6, 6.07) is 5.01. The van der Waals surface area contributed by atoms with E-state index in [9.17, 15) is 4.39 Å². The van der Waals surface area contributed by atoms with Gasteiger partial charge in [0.1, 0.15) is 5.82 Å². The second-order valence-electron chi connectivity index (χ2n) is 2.90. The Hall–Kier alpha value is -1.09. The molecule has 0 fully saturated rings. The summed E-state index contributed by atoms with van der Waals surface area (Å²) in [5, 5.41) is 1.90. The Morgan fingerprint density at radius 3 is 2.77 bits per heavy atom. The number of rotatable bonds is 1. The number of hydrogen-bond acceptors (Lipinski definition) is 2. The van der Waals surface area contributed by atoms with Gasteiger partial charge in [0.15, 0.2) is 5.06 Å². The maximum Gasteiger partial charge on any atom is 0.174 e. The summed E-state index contributed by atoms with van der Waals surface area (Å²) in [6.07, 6.45) is 0. The summed E-state index contributed by atoms with van der Waals surface area (Å²) in [5.41, 5.74) is 0.953. The van der Waals surface area contributed by atoms with Gasteiger partial charge in [-0.25, -0.2) is 4.39 Å². The second-order valence-corrected chi connectivity index (χ2v) is 3.95. The average molecular weight is 196 g/mol. The standard InChI is InChI=1S/C10H9FOS/c1-6-3-7(11)4-9-8(6)5-10(12-2)13-9/h3-5H,1-2H3. The van der Waals surface area contributed by atoms with Crippen molar-refractivity contribution in [1.82, 2.24) is 0 Å². The molecular weight excluding hydrogens is 187 g/mol. The van der Waals surface area contributed by atoms with Gasteiger partial charge in [-0.05, 0) is 36.1 Å². The zero-order valence-corrected chi connectivity index (χ0v) is 8.24. The summed E-state index contributed by atoms with van der Waals surface area (Å²) in [4.78, 5) is 0. The lowest BCUT2D eigenvalue weighted by molar-refractivity contribution is 0.427. The summed E-state index contributed by atoms with van der Waals surface area (Å²) in [5.74, 6) is -0.186. The summed E-state index contributed by atoms with van der Waals surface area (Å²) in [6.45, 7) is 1.90. The first-order chi connectivity index (χ1) is 6.20. The molecule has 13 heavy (non-hydrogen) atoms. The van der Waals surface area contributed by atoms with Gasteiger partial charge in [-0.2, -0.15) is 0 Å². The largest absolute Gasteiger partial charge is 0.487 e. The molecule has 1 aromatic carbocycles. The highest BCUT2D eigenvalue weighted by molar-refractivity contribution is 7.20. The first-order valence-corrected chi connectivity index (χ1v) is 4.76. The molecule has 0 saturated carbocycles. The van der Waals surface area contributed by atoms with Crippen LogP contribution in [0.2, 0.25) is 0 Å². The van der Waals surface area contributed by atoms with Gasteiger partial charge in [0.25, 0.3) is 0 Å². The van der Waals surface area contributed by atoms with Crippen molar-refractivity contribution >= 4 is 21.4 Å².